The van der Waals surface area contributed by atoms with Crippen LogP contribution in [0.25, 0.3) is 0 Å². The van der Waals surface area contributed by atoms with Gasteiger partial charge in [0.05, 0.1) is 20.0 Å². The summed E-state index contributed by atoms with van der Waals surface area (Å²) < 4.78 is 18.6. The topological polar surface area (TPSA) is 75.5 Å². The van der Waals surface area contributed by atoms with Crippen LogP contribution >= 0.6 is 11.8 Å². The van der Waals surface area contributed by atoms with Gasteiger partial charge < -0.3 is 14.2 Å². The highest BCUT2D eigenvalue weighted by molar-refractivity contribution is 7.99. The molecule has 174 valence electrons. The zero-order chi connectivity index (χ0) is 24.0. The van der Waals surface area contributed by atoms with Crippen molar-refractivity contribution in [3.63, 3.8) is 0 Å². The summed E-state index contributed by atoms with van der Waals surface area (Å²) in [5, 5.41) is 9.30. The van der Waals surface area contributed by atoms with Gasteiger partial charge in [-0.2, -0.15) is 0 Å². The van der Waals surface area contributed by atoms with Crippen LogP contribution in [-0.2, 0) is 6.54 Å². The normalized spacial score (nSPS) is 11.7. The lowest BCUT2D eigenvalue weighted by Gasteiger charge is -2.16. The Morgan fingerprint density at radius 2 is 1.88 bits per heavy atom. The summed E-state index contributed by atoms with van der Waals surface area (Å²) in [5.41, 5.74) is 2.50. The SMILES string of the molecule is C=CCn1c(SCC(=O)c2cc(C)c(OC)cc2C)nnc1C(C)Oc1cccc(OC)c1. The van der Waals surface area contributed by atoms with Crippen LogP contribution in [0, 0.1) is 13.8 Å². The number of nitrogens with zero attached hydrogens (tertiary/aromatic N) is 3. The first-order chi connectivity index (χ1) is 15.9. The maximum Gasteiger partial charge on any atom is 0.192 e. The molecule has 3 aromatic rings. The van der Waals surface area contributed by atoms with Crippen molar-refractivity contribution in [1.29, 1.82) is 0 Å². The van der Waals surface area contributed by atoms with Crippen molar-refractivity contribution in [2.75, 3.05) is 20.0 Å². The first-order valence-corrected chi connectivity index (χ1v) is 11.5. The Hall–Kier alpha value is -3.26. The quantitative estimate of drug-likeness (QED) is 0.218. The molecule has 0 aliphatic rings. The summed E-state index contributed by atoms with van der Waals surface area (Å²) in [6, 6.07) is 11.2. The largest absolute Gasteiger partial charge is 0.497 e. The van der Waals surface area contributed by atoms with E-state index < -0.39 is 0 Å². The van der Waals surface area contributed by atoms with Crippen molar-refractivity contribution >= 4 is 17.5 Å². The van der Waals surface area contributed by atoms with E-state index in [2.05, 4.69) is 16.8 Å². The molecule has 1 aromatic heterocycles. The molecule has 0 aliphatic carbocycles. The fourth-order valence-corrected chi connectivity index (χ4v) is 4.30. The Balaban J connectivity index is 1.76. The summed E-state index contributed by atoms with van der Waals surface area (Å²) >= 11 is 1.35. The van der Waals surface area contributed by atoms with Gasteiger partial charge in [0.25, 0.3) is 0 Å². The monoisotopic (exact) mass is 467 g/mol. The summed E-state index contributed by atoms with van der Waals surface area (Å²) in [6.07, 6.45) is 1.41. The van der Waals surface area contributed by atoms with Crippen LogP contribution in [0.2, 0.25) is 0 Å². The Labute approximate surface area is 198 Å². The number of hydrogen-bond donors (Lipinski definition) is 0. The van der Waals surface area contributed by atoms with Gasteiger partial charge in [-0.05, 0) is 56.2 Å². The number of thioether (sulfide) groups is 1. The highest BCUT2D eigenvalue weighted by atomic mass is 32.2. The van der Waals surface area contributed by atoms with E-state index in [1.807, 2.05) is 61.7 Å². The van der Waals surface area contributed by atoms with E-state index in [0.29, 0.717) is 34.6 Å². The molecule has 0 saturated heterocycles. The van der Waals surface area contributed by atoms with E-state index in [9.17, 15) is 4.79 Å². The van der Waals surface area contributed by atoms with Crippen LogP contribution in [0.4, 0.5) is 0 Å². The number of aryl methyl sites for hydroxylation is 2. The third-order valence-electron chi connectivity index (χ3n) is 5.15. The average Bonchev–Trinajstić information content (AvgIpc) is 3.21. The van der Waals surface area contributed by atoms with Crippen LogP contribution in [0.5, 0.6) is 17.2 Å². The molecule has 0 saturated carbocycles. The van der Waals surface area contributed by atoms with E-state index >= 15 is 0 Å². The number of Topliss-reactive ketones (excluding diaryl/α,β-unsaturated/α-hetero) is 1. The van der Waals surface area contributed by atoms with Gasteiger partial charge in [0.15, 0.2) is 22.9 Å². The fraction of sp³-hybridized carbons (Fsp3) is 0.320. The Morgan fingerprint density at radius 1 is 1.12 bits per heavy atom. The van der Waals surface area contributed by atoms with Crippen molar-refractivity contribution in [3.05, 3.63) is 71.6 Å². The predicted molar refractivity (Wildman–Crippen MR) is 130 cm³/mol. The van der Waals surface area contributed by atoms with Gasteiger partial charge in [-0.25, -0.2) is 0 Å². The molecular formula is C25H29N3O4S. The van der Waals surface area contributed by atoms with Gasteiger partial charge in [0.1, 0.15) is 17.2 Å². The zero-order valence-corrected chi connectivity index (χ0v) is 20.4. The number of allylic oxidation sites excluding steroid dienone is 1. The first-order valence-electron chi connectivity index (χ1n) is 10.5. The number of carbonyl (C=O) groups excluding carboxylic acids is 1. The van der Waals surface area contributed by atoms with Crippen molar-refractivity contribution in [2.24, 2.45) is 0 Å². The lowest BCUT2D eigenvalue weighted by Crippen LogP contribution is -2.13. The third kappa shape index (κ3) is 5.76. The highest BCUT2D eigenvalue weighted by Gasteiger charge is 2.21. The minimum absolute atomic E-state index is 0.0265. The first kappa shape index (κ1) is 24.4. The van der Waals surface area contributed by atoms with Crippen LogP contribution in [0.1, 0.15) is 40.3 Å². The van der Waals surface area contributed by atoms with E-state index in [1.54, 1.807) is 20.3 Å². The third-order valence-corrected chi connectivity index (χ3v) is 6.12. The van der Waals surface area contributed by atoms with Crippen LogP contribution in [0.15, 0.2) is 54.2 Å². The van der Waals surface area contributed by atoms with Gasteiger partial charge in [0.2, 0.25) is 0 Å². The number of ketones is 1. The molecule has 0 amide bonds. The van der Waals surface area contributed by atoms with Gasteiger partial charge >= 0.3 is 0 Å². The van der Waals surface area contributed by atoms with Gasteiger partial charge in [0, 0.05) is 18.2 Å². The van der Waals surface area contributed by atoms with Gasteiger partial charge in [-0.15, -0.1) is 16.8 Å². The fourth-order valence-electron chi connectivity index (χ4n) is 3.46. The lowest BCUT2D eigenvalue weighted by atomic mass is 10.0. The Bertz CT molecular complexity index is 1140. The van der Waals surface area contributed by atoms with Crippen molar-refractivity contribution in [3.8, 4) is 17.2 Å². The Kier molecular flexibility index (Phi) is 8.16. The highest BCUT2D eigenvalue weighted by Crippen LogP contribution is 2.28. The zero-order valence-electron chi connectivity index (χ0n) is 19.6. The van der Waals surface area contributed by atoms with Crippen molar-refractivity contribution in [1.82, 2.24) is 14.8 Å². The predicted octanol–water partition coefficient (Wildman–Crippen LogP) is 5.21. The molecular weight excluding hydrogens is 438 g/mol. The van der Waals surface area contributed by atoms with Crippen LogP contribution in [-0.4, -0.2) is 40.5 Å². The van der Waals surface area contributed by atoms with Crippen LogP contribution < -0.4 is 14.2 Å². The number of carbonyl (C=O) groups is 1. The molecule has 0 bridgehead atoms. The average molecular weight is 468 g/mol. The molecule has 1 unspecified atom stereocenters. The lowest BCUT2D eigenvalue weighted by molar-refractivity contribution is 0.102. The summed E-state index contributed by atoms with van der Waals surface area (Å²) in [4.78, 5) is 12.9. The second-order valence-electron chi connectivity index (χ2n) is 7.53. The van der Waals surface area contributed by atoms with Crippen molar-refractivity contribution < 1.29 is 19.0 Å². The number of hydrogen-bond acceptors (Lipinski definition) is 7. The van der Waals surface area contributed by atoms with E-state index in [4.69, 9.17) is 14.2 Å². The summed E-state index contributed by atoms with van der Waals surface area (Å²) in [6.45, 7) is 10.1. The molecule has 0 fully saturated rings. The van der Waals surface area contributed by atoms with Gasteiger partial charge in [-0.1, -0.05) is 23.9 Å². The molecule has 3 rings (SSSR count). The smallest absolute Gasteiger partial charge is 0.192 e. The maximum absolute atomic E-state index is 12.9. The second-order valence-corrected chi connectivity index (χ2v) is 8.47. The maximum atomic E-state index is 12.9. The second kappa shape index (κ2) is 11.0. The van der Waals surface area contributed by atoms with Gasteiger partial charge in [-0.3, -0.25) is 9.36 Å². The molecule has 0 aliphatic heterocycles. The number of benzene rings is 2. The minimum atomic E-state index is -0.360. The standard InChI is InChI=1S/C25H29N3O4S/c1-7-11-28-24(18(4)32-20-10-8-9-19(14-20)30-5)26-27-25(28)33-15-22(29)21-12-17(3)23(31-6)13-16(21)2/h7-10,12-14,18H,1,11,15H2,2-6H3. The molecule has 0 spiro atoms. The van der Waals surface area contributed by atoms with E-state index in [-0.39, 0.29) is 17.6 Å². The summed E-state index contributed by atoms with van der Waals surface area (Å²) in [5.74, 6) is 3.09. The molecule has 33 heavy (non-hydrogen) atoms. The van der Waals surface area contributed by atoms with Crippen molar-refractivity contribution in [2.45, 2.75) is 38.6 Å². The number of methoxy groups -OCH3 is 2. The summed E-state index contributed by atoms with van der Waals surface area (Å²) in [7, 11) is 3.24. The Morgan fingerprint density at radius 3 is 2.58 bits per heavy atom. The number of rotatable bonds is 11. The molecule has 7 nitrogen and oxygen atoms in total. The molecule has 1 heterocycles. The molecule has 2 aromatic carbocycles. The number of aromatic nitrogens is 3. The van der Waals surface area contributed by atoms with E-state index in [1.165, 1.54) is 11.8 Å². The minimum Gasteiger partial charge on any atom is -0.497 e. The molecule has 8 heteroatoms. The van der Waals surface area contributed by atoms with E-state index in [0.717, 1.165) is 16.9 Å². The van der Waals surface area contributed by atoms with Crippen LogP contribution in [0.3, 0.4) is 0 Å². The molecule has 1 atom stereocenters. The molecule has 0 radical (unpaired) electrons. The molecule has 0 N–H and O–H groups in total. The number of ether oxygens (including phenoxy) is 3.